The first-order valence-corrected chi connectivity index (χ1v) is 10.3. The van der Waals surface area contributed by atoms with E-state index in [0.717, 1.165) is 22.3 Å². The van der Waals surface area contributed by atoms with Crippen molar-refractivity contribution >= 4 is 35.7 Å². The highest BCUT2D eigenvalue weighted by Gasteiger charge is 1.98. The quantitative estimate of drug-likeness (QED) is 0.230. The minimum absolute atomic E-state index is 0.656. The predicted octanol–water partition coefficient (Wildman–Crippen LogP) is 8.80. The van der Waals surface area contributed by atoms with Crippen LogP contribution >= 0.6 is 0 Å². The smallest absolute Gasteiger partial charge is 0.187 e. The van der Waals surface area contributed by atoms with Gasteiger partial charge in [-0.05, 0) is 33.4 Å². The topological polar surface area (TPSA) is 8.72 Å². The third kappa shape index (κ3) is 5.28. The van der Waals surface area contributed by atoms with Crippen molar-refractivity contribution in [1.82, 2.24) is 0 Å². The van der Waals surface area contributed by atoms with Gasteiger partial charge in [0.1, 0.15) is 0 Å². The van der Waals surface area contributed by atoms with Crippen LogP contribution in [0.25, 0.3) is 45.1 Å². The Morgan fingerprint density at radius 2 is 0.625 bits per heavy atom. The first-order chi connectivity index (χ1) is 15.7. The SMILES string of the molecule is [C-]#[N+]c1ccc(C=Cc2ccc(-c3ccc(C=Cc4ccc([N+]#[C-])cc4)cc3)cc2)cc1. The van der Waals surface area contributed by atoms with Gasteiger partial charge < -0.3 is 0 Å². The van der Waals surface area contributed by atoms with Gasteiger partial charge in [0.2, 0.25) is 0 Å². The second-order valence-electron chi connectivity index (χ2n) is 7.32. The molecule has 0 fully saturated rings. The van der Waals surface area contributed by atoms with Crippen LogP contribution < -0.4 is 0 Å². The standard InChI is InChI=1S/C30H20N2/c1-31-29-19-11-25(12-20-29)5-3-23-7-15-27(16-8-23)28-17-9-24(10-18-28)4-6-26-13-21-30(32-2)22-14-26/h3-22H. The van der Waals surface area contributed by atoms with Gasteiger partial charge >= 0.3 is 0 Å². The molecule has 0 aromatic heterocycles. The van der Waals surface area contributed by atoms with Crippen LogP contribution in [-0.4, -0.2) is 0 Å². The van der Waals surface area contributed by atoms with Crippen LogP contribution in [-0.2, 0) is 0 Å². The molecule has 0 N–H and O–H groups in total. The van der Waals surface area contributed by atoms with Crippen LogP contribution in [0.2, 0.25) is 0 Å². The second kappa shape index (κ2) is 9.90. The average Bonchev–Trinajstić information content (AvgIpc) is 2.87. The Morgan fingerprint density at radius 1 is 0.375 bits per heavy atom. The fourth-order valence-corrected chi connectivity index (χ4v) is 3.28. The van der Waals surface area contributed by atoms with E-state index in [9.17, 15) is 0 Å². The lowest BCUT2D eigenvalue weighted by Crippen LogP contribution is -1.80. The Balaban J connectivity index is 1.41. The van der Waals surface area contributed by atoms with Crippen molar-refractivity contribution in [2.45, 2.75) is 0 Å². The summed E-state index contributed by atoms with van der Waals surface area (Å²) < 4.78 is 0. The zero-order valence-corrected chi connectivity index (χ0v) is 17.4. The van der Waals surface area contributed by atoms with E-state index in [-0.39, 0.29) is 0 Å². The van der Waals surface area contributed by atoms with Crippen LogP contribution in [0.5, 0.6) is 0 Å². The molecular formula is C30H20N2. The maximum absolute atomic E-state index is 7.02. The number of hydrogen-bond donors (Lipinski definition) is 0. The Bertz CT molecular complexity index is 1220. The zero-order chi connectivity index (χ0) is 22.2. The normalized spacial score (nSPS) is 10.8. The van der Waals surface area contributed by atoms with Crippen LogP contribution in [0.1, 0.15) is 22.3 Å². The maximum atomic E-state index is 7.02. The summed E-state index contributed by atoms with van der Waals surface area (Å²) >= 11 is 0. The van der Waals surface area contributed by atoms with Crippen molar-refractivity contribution in [2.24, 2.45) is 0 Å². The molecule has 0 aliphatic rings. The van der Waals surface area contributed by atoms with Gasteiger partial charge in [-0.25, -0.2) is 9.69 Å². The molecule has 0 aliphatic carbocycles. The van der Waals surface area contributed by atoms with Gasteiger partial charge in [0.25, 0.3) is 0 Å². The fourth-order valence-electron chi connectivity index (χ4n) is 3.28. The summed E-state index contributed by atoms with van der Waals surface area (Å²) in [6.07, 6.45) is 8.27. The van der Waals surface area contributed by atoms with Gasteiger partial charge in [-0.2, -0.15) is 0 Å². The molecule has 0 radical (unpaired) electrons. The summed E-state index contributed by atoms with van der Waals surface area (Å²) in [6, 6.07) is 32.1. The molecule has 0 saturated heterocycles. The minimum Gasteiger partial charge on any atom is -0.238 e. The highest BCUT2D eigenvalue weighted by molar-refractivity contribution is 5.75. The molecule has 32 heavy (non-hydrogen) atoms. The molecule has 4 aromatic carbocycles. The van der Waals surface area contributed by atoms with Crippen LogP contribution in [0.15, 0.2) is 97.1 Å². The Kier molecular flexibility index (Phi) is 6.37. The van der Waals surface area contributed by atoms with Crippen molar-refractivity contribution in [3.05, 3.63) is 142 Å². The molecule has 2 heteroatoms. The maximum Gasteiger partial charge on any atom is 0.187 e. The molecule has 0 unspecified atom stereocenters. The lowest BCUT2D eigenvalue weighted by molar-refractivity contribution is 1.58. The second-order valence-corrected chi connectivity index (χ2v) is 7.32. The van der Waals surface area contributed by atoms with Crippen LogP contribution in [0, 0.1) is 13.1 Å². The van der Waals surface area contributed by atoms with E-state index in [2.05, 4.69) is 82.5 Å². The van der Waals surface area contributed by atoms with Gasteiger partial charge in [-0.1, -0.05) is 121 Å². The summed E-state index contributed by atoms with van der Waals surface area (Å²) in [5.41, 5.74) is 8.08. The summed E-state index contributed by atoms with van der Waals surface area (Å²) in [7, 11) is 0. The highest BCUT2D eigenvalue weighted by atomic mass is 14.6. The Hall–Kier alpha value is -4.66. The molecule has 0 atom stereocenters. The number of rotatable bonds is 5. The van der Waals surface area contributed by atoms with Crippen LogP contribution in [0.3, 0.4) is 0 Å². The van der Waals surface area contributed by atoms with Crippen molar-refractivity contribution in [3.63, 3.8) is 0 Å². The zero-order valence-electron chi connectivity index (χ0n) is 17.4. The minimum atomic E-state index is 0.656. The predicted molar refractivity (Wildman–Crippen MR) is 135 cm³/mol. The lowest BCUT2D eigenvalue weighted by Gasteiger charge is -2.04. The first kappa shape index (κ1) is 20.6. The van der Waals surface area contributed by atoms with E-state index in [1.807, 2.05) is 48.5 Å². The van der Waals surface area contributed by atoms with Gasteiger partial charge in [-0.15, -0.1) is 0 Å². The Morgan fingerprint density at radius 3 is 0.875 bits per heavy atom. The number of benzene rings is 4. The van der Waals surface area contributed by atoms with E-state index in [0.29, 0.717) is 11.4 Å². The largest absolute Gasteiger partial charge is 0.238 e. The molecule has 2 nitrogen and oxygen atoms in total. The summed E-state index contributed by atoms with van der Waals surface area (Å²) in [6.45, 7) is 14.0. The van der Waals surface area contributed by atoms with Crippen molar-refractivity contribution in [2.75, 3.05) is 0 Å². The van der Waals surface area contributed by atoms with Gasteiger partial charge in [0.15, 0.2) is 11.4 Å². The molecule has 0 aliphatic heterocycles. The fraction of sp³-hybridized carbons (Fsp3) is 0. The third-order valence-electron chi connectivity index (χ3n) is 5.14. The highest BCUT2D eigenvalue weighted by Crippen LogP contribution is 2.22. The molecule has 0 spiro atoms. The monoisotopic (exact) mass is 408 g/mol. The van der Waals surface area contributed by atoms with Gasteiger partial charge in [0, 0.05) is 0 Å². The van der Waals surface area contributed by atoms with Crippen molar-refractivity contribution in [1.29, 1.82) is 0 Å². The third-order valence-corrected chi connectivity index (χ3v) is 5.14. The molecule has 0 heterocycles. The molecule has 4 rings (SSSR count). The molecular weight excluding hydrogens is 388 g/mol. The van der Waals surface area contributed by atoms with Gasteiger partial charge in [-0.3, -0.25) is 0 Å². The Labute approximate surface area is 189 Å². The van der Waals surface area contributed by atoms with E-state index >= 15 is 0 Å². The average molecular weight is 409 g/mol. The first-order valence-electron chi connectivity index (χ1n) is 10.3. The van der Waals surface area contributed by atoms with E-state index < -0.39 is 0 Å². The number of hydrogen-bond acceptors (Lipinski definition) is 0. The van der Waals surface area contributed by atoms with Crippen LogP contribution in [0.4, 0.5) is 11.4 Å². The molecule has 4 aromatic rings. The van der Waals surface area contributed by atoms with E-state index in [1.54, 1.807) is 0 Å². The molecule has 150 valence electrons. The molecule has 0 saturated carbocycles. The van der Waals surface area contributed by atoms with E-state index in [4.69, 9.17) is 13.1 Å². The molecule has 0 bridgehead atoms. The van der Waals surface area contributed by atoms with E-state index in [1.165, 1.54) is 11.1 Å². The number of nitrogens with zero attached hydrogens (tertiary/aromatic N) is 2. The summed E-state index contributed by atoms with van der Waals surface area (Å²) in [5.74, 6) is 0. The van der Waals surface area contributed by atoms with Crippen molar-refractivity contribution < 1.29 is 0 Å². The molecule has 0 amide bonds. The summed E-state index contributed by atoms with van der Waals surface area (Å²) in [5, 5.41) is 0. The lowest BCUT2D eigenvalue weighted by atomic mass is 10.0. The van der Waals surface area contributed by atoms with Crippen molar-refractivity contribution in [3.8, 4) is 11.1 Å². The van der Waals surface area contributed by atoms with Gasteiger partial charge in [0.05, 0.1) is 13.1 Å². The summed E-state index contributed by atoms with van der Waals surface area (Å²) in [4.78, 5) is 6.83.